The van der Waals surface area contributed by atoms with Gasteiger partial charge in [0, 0.05) is 21.3 Å². The molecule has 0 saturated heterocycles. The minimum Gasteiger partial charge on any atom is -0.398 e. The number of anilines is 1. The number of benzene rings is 1. The molecule has 2 N–H and O–H groups in total. The van der Waals surface area contributed by atoms with Gasteiger partial charge in [0.1, 0.15) is 11.4 Å². The summed E-state index contributed by atoms with van der Waals surface area (Å²) < 4.78 is 0.985. The van der Waals surface area contributed by atoms with Crippen LogP contribution in [0.2, 0.25) is 0 Å². The fourth-order valence-electron chi connectivity index (χ4n) is 1.20. The lowest BCUT2D eigenvalue weighted by atomic mass is 10.2. The van der Waals surface area contributed by atoms with Gasteiger partial charge in [-0.05, 0) is 46.6 Å². The smallest absolute Gasteiger partial charge is 0.116 e. The van der Waals surface area contributed by atoms with Crippen molar-refractivity contribution < 1.29 is 0 Å². The number of aromatic nitrogens is 2. The molecule has 16 heavy (non-hydrogen) atoms. The van der Waals surface area contributed by atoms with Gasteiger partial charge in [-0.15, -0.1) is 0 Å². The maximum absolute atomic E-state index is 5.82. The Balaban J connectivity index is 2.32. The highest BCUT2D eigenvalue weighted by molar-refractivity contribution is 9.10. The number of hydrogen-bond acceptors (Lipinski definition) is 4. The van der Waals surface area contributed by atoms with Gasteiger partial charge in [0.2, 0.25) is 0 Å². The van der Waals surface area contributed by atoms with E-state index in [2.05, 4.69) is 25.9 Å². The average molecular weight is 296 g/mol. The Morgan fingerprint density at radius 3 is 2.88 bits per heavy atom. The standard InChI is InChI=1S/C11H10BrN3S/c1-7-4-10(8(12)5-9(7)13)16-11-2-3-14-6-15-11/h2-6H,13H2,1H3. The molecular weight excluding hydrogens is 286 g/mol. The van der Waals surface area contributed by atoms with Gasteiger partial charge in [-0.2, -0.15) is 0 Å². The zero-order valence-corrected chi connectivity index (χ0v) is 11.0. The molecule has 0 aliphatic rings. The van der Waals surface area contributed by atoms with E-state index in [1.54, 1.807) is 24.3 Å². The molecule has 0 unspecified atom stereocenters. The van der Waals surface area contributed by atoms with Crippen LogP contribution in [0.3, 0.4) is 0 Å². The summed E-state index contributed by atoms with van der Waals surface area (Å²) in [5.74, 6) is 0. The zero-order chi connectivity index (χ0) is 11.5. The SMILES string of the molecule is Cc1cc(Sc2ccncn2)c(Br)cc1N. The van der Waals surface area contributed by atoms with E-state index in [4.69, 9.17) is 5.73 Å². The van der Waals surface area contributed by atoms with Crippen molar-refractivity contribution in [1.29, 1.82) is 0 Å². The van der Waals surface area contributed by atoms with E-state index < -0.39 is 0 Å². The Labute approximate surface area is 107 Å². The van der Waals surface area contributed by atoms with Crippen molar-refractivity contribution >= 4 is 33.4 Å². The molecule has 0 amide bonds. The molecule has 3 nitrogen and oxygen atoms in total. The summed E-state index contributed by atoms with van der Waals surface area (Å²) in [6.45, 7) is 1.99. The molecule has 0 radical (unpaired) electrons. The van der Waals surface area contributed by atoms with Crippen LogP contribution < -0.4 is 5.73 Å². The highest BCUT2D eigenvalue weighted by atomic mass is 79.9. The number of halogens is 1. The Morgan fingerprint density at radius 2 is 2.19 bits per heavy atom. The van der Waals surface area contributed by atoms with E-state index >= 15 is 0 Å². The molecule has 0 fully saturated rings. The predicted molar refractivity (Wildman–Crippen MR) is 69.4 cm³/mol. The van der Waals surface area contributed by atoms with Crippen LogP contribution in [0.15, 0.2) is 45.1 Å². The van der Waals surface area contributed by atoms with Gasteiger partial charge in [0.05, 0.1) is 0 Å². The fraction of sp³-hybridized carbons (Fsp3) is 0.0909. The molecule has 0 atom stereocenters. The summed E-state index contributed by atoms with van der Waals surface area (Å²) in [6, 6.07) is 5.84. The lowest BCUT2D eigenvalue weighted by Crippen LogP contribution is -1.90. The van der Waals surface area contributed by atoms with Crippen LogP contribution in [0, 0.1) is 6.92 Å². The zero-order valence-electron chi connectivity index (χ0n) is 8.64. The second-order valence-corrected chi connectivity index (χ2v) is 5.21. The van der Waals surface area contributed by atoms with E-state index in [-0.39, 0.29) is 0 Å². The third-order valence-electron chi connectivity index (χ3n) is 2.09. The summed E-state index contributed by atoms with van der Waals surface area (Å²) >= 11 is 5.08. The maximum Gasteiger partial charge on any atom is 0.116 e. The van der Waals surface area contributed by atoms with Gasteiger partial charge < -0.3 is 5.73 Å². The van der Waals surface area contributed by atoms with Crippen molar-refractivity contribution in [1.82, 2.24) is 9.97 Å². The van der Waals surface area contributed by atoms with Gasteiger partial charge in [0.15, 0.2) is 0 Å². The van der Waals surface area contributed by atoms with Gasteiger partial charge >= 0.3 is 0 Å². The second-order valence-electron chi connectivity index (χ2n) is 3.29. The van der Waals surface area contributed by atoms with E-state index in [0.717, 1.165) is 25.6 Å². The average Bonchev–Trinajstić information content (AvgIpc) is 2.27. The number of hydrogen-bond donors (Lipinski definition) is 1. The first-order valence-electron chi connectivity index (χ1n) is 4.66. The van der Waals surface area contributed by atoms with Crippen LogP contribution in [-0.2, 0) is 0 Å². The minimum atomic E-state index is 0.791. The molecule has 2 aromatic rings. The number of aryl methyl sites for hydroxylation is 1. The van der Waals surface area contributed by atoms with Crippen molar-refractivity contribution in [3.8, 4) is 0 Å². The van der Waals surface area contributed by atoms with E-state index in [0.29, 0.717) is 0 Å². The molecule has 0 bridgehead atoms. The van der Waals surface area contributed by atoms with Crippen LogP contribution in [0.4, 0.5) is 5.69 Å². The fourth-order valence-corrected chi connectivity index (χ4v) is 2.65. The normalized spacial score (nSPS) is 10.4. The first-order chi connectivity index (χ1) is 7.66. The summed E-state index contributed by atoms with van der Waals surface area (Å²) in [5.41, 5.74) is 7.68. The Bertz CT molecular complexity index is 502. The number of rotatable bonds is 2. The Kier molecular flexibility index (Phi) is 3.46. The highest BCUT2D eigenvalue weighted by Gasteiger charge is 2.06. The monoisotopic (exact) mass is 295 g/mol. The highest BCUT2D eigenvalue weighted by Crippen LogP contribution is 2.34. The van der Waals surface area contributed by atoms with Gasteiger partial charge in [-0.1, -0.05) is 11.8 Å². The third kappa shape index (κ3) is 2.54. The molecule has 0 aliphatic carbocycles. The first-order valence-corrected chi connectivity index (χ1v) is 6.27. The largest absolute Gasteiger partial charge is 0.398 e. The van der Waals surface area contributed by atoms with E-state index in [1.165, 1.54) is 0 Å². The number of nitrogen functional groups attached to an aromatic ring is 1. The predicted octanol–water partition coefficient (Wildman–Crippen LogP) is 3.28. The van der Waals surface area contributed by atoms with Crippen LogP contribution in [-0.4, -0.2) is 9.97 Å². The van der Waals surface area contributed by atoms with Crippen LogP contribution >= 0.6 is 27.7 Å². The number of nitrogens with zero attached hydrogens (tertiary/aromatic N) is 2. The molecule has 2 rings (SSSR count). The van der Waals surface area contributed by atoms with Crippen molar-refractivity contribution in [2.75, 3.05) is 5.73 Å². The molecular formula is C11H10BrN3S. The van der Waals surface area contributed by atoms with E-state index in [1.807, 2.05) is 25.1 Å². The van der Waals surface area contributed by atoms with Crippen LogP contribution in [0.1, 0.15) is 5.56 Å². The lowest BCUT2D eigenvalue weighted by molar-refractivity contribution is 1.05. The first kappa shape index (κ1) is 11.4. The molecule has 1 aromatic heterocycles. The van der Waals surface area contributed by atoms with Crippen molar-refractivity contribution in [2.24, 2.45) is 0 Å². The molecule has 0 saturated carbocycles. The Hall–Kier alpha value is -1.07. The second kappa shape index (κ2) is 4.84. The third-order valence-corrected chi connectivity index (χ3v) is 4.02. The summed E-state index contributed by atoms with van der Waals surface area (Å²) in [4.78, 5) is 9.15. The molecule has 1 aromatic carbocycles. The topological polar surface area (TPSA) is 51.8 Å². The maximum atomic E-state index is 5.82. The van der Waals surface area contributed by atoms with Gasteiger partial charge in [0.25, 0.3) is 0 Å². The van der Waals surface area contributed by atoms with E-state index in [9.17, 15) is 0 Å². The molecule has 0 aliphatic heterocycles. The molecule has 1 heterocycles. The van der Waals surface area contributed by atoms with Gasteiger partial charge in [-0.3, -0.25) is 0 Å². The minimum absolute atomic E-state index is 0.791. The van der Waals surface area contributed by atoms with Crippen molar-refractivity contribution in [3.63, 3.8) is 0 Å². The van der Waals surface area contributed by atoms with Crippen molar-refractivity contribution in [3.05, 3.63) is 40.8 Å². The van der Waals surface area contributed by atoms with Crippen LogP contribution in [0.5, 0.6) is 0 Å². The quantitative estimate of drug-likeness (QED) is 0.682. The van der Waals surface area contributed by atoms with Crippen molar-refractivity contribution in [2.45, 2.75) is 16.8 Å². The molecule has 0 spiro atoms. The molecule has 5 heteroatoms. The summed E-state index contributed by atoms with van der Waals surface area (Å²) in [5, 5.41) is 0.917. The van der Waals surface area contributed by atoms with Crippen LogP contribution in [0.25, 0.3) is 0 Å². The number of nitrogens with two attached hydrogens (primary N) is 1. The Morgan fingerprint density at radius 1 is 1.38 bits per heavy atom. The lowest BCUT2D eigenvalue weighted by Gasteiger charge is -2.07. The summed E-state index contributed by atoms with van der Waals surface area (Å²) in [7, 11) is 0. The van der Waals surface area contributed by atoms with Gasteiger partial charge in [-0.25, -0.2) is 9.97 Å². The summed E-state index contributed by atoms with van der Waals surface area (Å²) in [6.07, 6.45) is 3.27. The molecule has 82 valence electrons.